The number of amides is 2. The van der Waals surface area contributed by atoms with Crippen molar-refractivity contribution in [1.82, 2.24) is 28.7 Å². The molecule has 4 aromatic heterocycles. The summed E-state index contributed by atoms with van der Waals surface area (Å²) < 4.78 is 35.7. The molecule has 2 amide bonds. The maximum Gasteiger partial charge on any atom is 0.278 e. The molecule has 1 spiro atoms. The number of likely N-dealkylation sites (N-methyl/N-ethyl adjacent to an activating group) is 1. The summed E-state index contributed by atoms with van der Waals surface area (Å²) in [5, 5.41) is 14.2. The number of hydrogen-bond acceptors (Lipinski definition) is 11. The van der Waals surface area contributed by atoms with Gasteiger partial charge in [0.1, 0.15) is 30.0 Å². The average molecular weight is 660 g/mol. The Morgan fingerprint density at radius 1 is 1.22 bits per heavy atom. The van der Waals surface area contributed by atoms with Gasteiger partial charge in [-0.1, -0.05) is 13.0 Å². The number of hydrogen-bond donors (Lipinski definition) is 1. The van der Waals surface area contributed by atoms with Gasteiger partial charge in [0.2, 0.25) is 5.91 Å². The lowest BCUT2D eigenvalue weighted by Crippen LogP contribution is -2.69. The summed E-state index contributed by atoms with van der Waals surface area (Å²) in [5.74, 6) is 0.572. The standard InChI is InChI=1S/C30H29N9O5S2/c1-19-15-39(23(40)6-10-31)30(19)9-13-37(16-30)26-21-7-12-38(27(21)34-17-33-26)18-44-25-20-8-14-45-29(20)46(42,43)36(2)24(25)28(41)35-22-5-3-4-11-32-22/h3-5,7-8,11-12,14,17,19H,6,9,13,15-16,18H2,1-2H3,(H,32,35,41)/t19-,30-/m0/s1. The first kappa shape index (κ1) is 29.7. The van der Waals surface area contributed by atoms with E-state index in [1.807, 2.05) is 17.0 Å². The van der Waals surface area contributed by atoms with E-state index in [4.69, 9.17) is 10.00 Å². The van der Waals surface area contributed by atoms with Crippen LogP contribution in [0, 0.1) is 17.2 Å². The quantitative estimate of drug-likeness (QED) is 0.312. The Bertz CT molecular complexity index is 2050. The van der Waals surface area contributed by atoms with E-state index in [1.54, 1.807) is 40.4 Å². The van der Waals surface area contributed by atoms with Crippen LogP contribution in [0.25, 0.3) is 16.8 Å². The van der Waals surface area contributed by atoms with Gasteiger partial charge in [-0.2, -0.15) is 5.26 Å². The summed E-state index contributed by atoms with van der Waals surface area (Å²) >= 11 is 1.05. The van der Waals surface area contributed by atoms with Gasteiger partial charge >= 0.3 is 0 Å². The molecular formula is C30H29N9O5S2. The number of aromatic nitrogens is 4. The highest BCUT2D eigenvalue weighted by molar-refractivity contribution is 7.91. The molecule has 0 aromatic carbocycles. The van der Waals surface area contributed by atoms with Crippen molar-refractivity contribution < 1.29 is 22.7 Å². The van der Waals surface area contributed by atoms with Crippen molar-refractivity contribution in [2.45, 2.75) is 36.2 Å². The van der Waals surface area contributed by atoms with Crippen molar-refractivity contribution in [3.05, 3.63) is 65.7 Å². The molecule has 0 aliphatic carbocycles. The van der Waals surface area contributed by atoms with Crippen LogP contribution in [-0.2, 0) is 31.1 Å². The molecule has 0 bridgehead atoms. The van der Waals surface area contributed by atoms with Gasteiger partial charge in [-0.3, -0.25) is 18.5 Å². The minimum absolute atomic E-state index is 0.0732. The summed E-state index contributed by atoms with van der Waals surface area (Å²) in [4.78, 5) is 43.4. The largest absolute Gasteiger partial charge is 0.470 e. The zero-order chi connectivity index (χ0) is 32.2. The molecule has 46 heavy (non-hydrogen) atoms. The highest BCUT2D eigenvalue weighted by Gasteiger charge is 2.56. The number of nitriles is 1. The fraction of sp³-hybridized carbons (Fsp3) is 0.333. The lowest BCUT2D eigenvalue weighted by Gasteiger charge is -2.55. The van der Waals surface area contributed by atoms with Crippen LogP contribution in [0.15, 0.2) is 64.3 Å². The molecule has 2 fully saturated rings. The number of nitrogens with one attached hydrogen (secondary N) is 1. The van der Waals surface area contributed by atoms with Gasteiger partial charge in [0.25, 0.3) is 15.9 Å². The summed E-state index contributed by atoms with van der Waals surface area (Å²) in [7, 11) is -2.66. The Morgan fingerprint density at radius 2 is 2.07 bits per heavy atom. The van der Waals surface area contributed by atoms with Crippen molar-refractivity contribution in [1.29, 1.82) is 5.26 Å². The fourth-order valence-corrected chi connectivity index (χ4v) is 9.27. The summed E-state index contributed by atoms with van der Waals surface area (Å²) in [6, 6.07) is 10.5. The molecule has 7 heterocycles. The zero-order valence-corrected chi connectivity index (χ0v) is 26.6. The average Bonchev–Trinajstić information content (AvgIpc) is 3.81. The van der Waals surface area contributed by atoms with Crippen molar-refractivity contribution in [3.63, 3.8) is 0 Å². The number of thiophene rings is 1. The minimum atomic E-state index is -3.98. The Kier molecular flexibility index (Phi) is 7.17. The van der Waals surface area contributed by atoms with Crippen molar-refractivity contribution in [2.75, 3.05) is 36.9 Å². The predicted molar refractivity (Wildman–Crippen MR) is 168 cm³/mol. The van der Waals surface area contributed by atoms with Crippen LogP contribution in [-0.4, -0.2) is 81.2 Å². The van der Waals surface area contributed by atoms with Crippen LogP contribution in [0.4, 0.5) is 11.6 Å². The van der Waals surface area contributed by atoms with E-state index in [0.717, 1.165) is 33.3 Å². The number of carbonyl (C=O) groups excluding carboxylic acids is 2. The number of rotatable bonds is 7. The molecule has 1 N–H and O–H groups in total. The molecule has 236 valence electrons. The van der Waals surface area contributed by atoms with Crippen LogP contribution in [0.2, 0.25) is 0 Å². The molecule has 14 nitrogen and oxygen atoms in total. The topological polar surface area (TPSA) is 167 Å². The molecule has 4 aromatic rings. The van der Waals surface area contributed by atoms with Crippen molar-refractivity contribution in [3.8, 4) is 6.07 Å². The first-order valence-electron chi connectivity index (χ1n) is 14.5. The van der Waals surface area contributed by atoms with Crippen molar-refractivity contribution >= 4 is 61.6 Å². The van der Waals surface area contributed by atoms with E-state index in [0.29, 0.717) is 36.8 Å². The first-order valence-corrected chi connectivity index (χ1v) is 16.9. The van der Waals surface area contributed by atoms with E-state index in [1.165, 1.54) is 19.6 Å². The normalized spacial score (nSPS) is 21.7. The molecule has 16 heteroatoms. The second-order valence-electron chi connectivity index (χ2n) is 11.5. The molecule has 0 saturated carbocycles. The van der Waals surface area contributed by atoms with E-state index < -0.39 is 15.9 Å². The number of pyridine rings is 1. The third-order valence-electron chi connectivity index (χ3n) is 9.03. The molecule has 2 saturated heterocycles. The Hall–Kier alpha value is -5.01. The molecular weight excluding hydrogens is 631 g/mol. The Morgan fingerprint density at radius 3 is 2.83 bits per heavy atom. The van der Waals surface area contributed by atoms with E-state index in [9.17, 15) is 18.0 Å². The van der Waals surface area contributed by atoms with E-state index in [-0.39, 0.29) is 46.1 Å². The predicted octanol–water partition coefficient (Wildman–Crippen LogP) is 2.84. The highest BCUT2D eigenvalue weighted by atomic mass is 32.2. The number of anilines is 2. The number of fused-ring (bicyclic) bond motifs is 2. The van der Waals surface area contributed by atoms with Crippen LogP contribution >= 0.6 is 11.3 Å². The molecule has 3 aliphatic rings. The Labute approximate surface area is 268 Å². The molecule has 7 rings (SSSR count). The van der Waals surface area contributed by atoms with Crippen molar-refractivity contribution in [2.24, 2.45) is 5.92 Å². The minimum Gasteiger partial charge on any atom is -0.470 e. The van der Waals surface area contributed by atoms with Crippen LogP contribution in [0.1, 0.15) is 25.3 Å². The van der Waals surface area contributed by atoms with Gasteiger partial charge in [-0.15, -0.1) is 11.3 Å². The molecule has 0 unspecified atom stereocenters. The zero-order valence-electron chi connectivity index (χ0n) is 25.0. The van der Waals surface area contributed by atoms with Gasteiger partial charge < -0.3 is 19.9 Å². The van der Waals surface area contributed by atoms with Gasteiger partial charge in [0, 0.05) is 39.1 Å². The maximum atomic E-state index is 13.5. The van der Waals surface area contributed by atoms with Crippen LogP contribution < -0.4 is 10.2 Å². The fourth-order valence-electron chi connectivity index (χ4n) is 6.58. The number of likely N-dealkylation sites (tertiary alicyclic amines) is 1. The van der Waals surface area contributed by atoms with Gasteiger partial charge in [-0.25, -0.2) is 23.4 Å². The SMILES string of the molecule is C[C@H]1CN(C(=O)CC#N)[C@]12CCN(c1ncnc3c1ccn3COC1=C(C(=O)Nc3ccccn3)N(C)S(=O)(=O)c3sccc31)C2. The molecule has 2 atom stereocenters. The third-order valence-corrected chi connectivity index (χ3v) is 12.2. The van der Waals surface area contributed by atoms with Crippen LogP contribution in [0.3, 0.4) is 0 Å². The van der Waals surface area contributed by atoms with Gasteiger partial charge in [0.15, 0.2) is 22.4 Å². The maximum absolute atomic E-state index is 13.5. The smallest absolute Gasteiger partial charge is 0.278 e. The second-order valence-corrected chi connectivity index (χ2v) is 14.5. The lowest BCUT2D eigenvalue weighted by molar-refractivity contribution is -0.152. The molecule has 0 radical (unpaired) electrons. The van der Waals surface area contributed by atoms with Gasteiger partial charge in [-0.05, 0) is 42.0 Å². The van der Waals surface area contributed by atoms with E-state index >= 15 is 0 Å². The number of ether oxygens (including phenoxy) is 1. The monoisotopic (exact) mass is 659 g/mol. The second kappa shape index (κ2) is 11.1. The highest BCUT2D eigenvalue weighted by Crippen LogP contribution is 2.46. The summed E-state index contributed by atoms with van der Waals surface area (Å²) in [6.45, 7) is 3.99. The lowest BCUT2D eigenvalue weighted by atomic mass is 9.74. The van der Waals surface area contributed by atoms with E-state index in [2.05, 4.69) is 32.1 Å². The number of carbonyl (C=O) groups is 2. The number of sulfonamides is 1. The van der Waals surface area contributed by atoms with Crippen LogP contribution in [0.5, 0.6) is 0 Å². The third kappa shape index (κ3) is 4.57. The van der Waals surface area contributed by atoms with Gasteiger partial charge in [0.05, 0.1) is 22.6 Å². The Balaban J connectivity index is 1.18. The molecule has 3 aliphatic heterocycles. The summed E-state index contributed by atoms with van der Waals surface area (Å²) in [6.07, 6.45) is 5.44. The summed E-state index contributed by atoms with van der Waals surface area (Å²) in [5.41, 5.74) is 0.387. The number of nitrogens with zero attached hydrogens (tertiary/aromatic N) is 8. The first-order chi connectivity index (χ1) is 22.2.